The van der Waals surface area contributed by atoms with Crippen molar-refractivity contribution in [2.75, 3.05) is 31.2 Å². The number of rotatable bonds is 12. The van der Waals surface area contributed by atoms with Crippen LogP contribution in [0.25, 0.3) is 0 Å². The highest BCUT2D eigenvalue weighted by Gasteiger charge is 2.76. The zero-order valence-electron chi connectivity index (χ0n) is 25.3. The first-order valence-electron chi connectivity index (χ1n) is 14.7. The Kier molecular flexibility index (Phi) is 9.89. The first kappa shape index (κ1) is 32.6. The van der Waals surface area contributed by atoms with Gasteiger partial charge in [-0.3, -0.25) is 14.4 Å². The van der Waals surface area contributed by atoms with E-state index in [1.807, 2.05) is 58.9 Å². The molecule has 3 heterocycles. The lowest BCUT2D eigenvalue weighted by Crippen LogP contribution is -2.60. The predicted molar refractivity (Wildman–Crippen MR) is 172 cm³/mol. The highest BCUT2D eigenvalue weighted by molar-refractivity contribution is 9.09. The van der Waals surface area contributed by atoms with E-state index < -0.39 is 34.2 Å². The fourth-order valence-electron chi connectivity index (χ4n) is 6.93. The van der Waals surface area contributed by atoms with Crippen molar-refractivity contribution >= 4 is 51.1 Å². The van der Waals surface area contributed by atoms with E-state index in [1.165, 1.54) is 0 Å². The van der Waals surface area contributed by atoms with Crippen molar-refractivity contribution in [2.45, 2.75) is 79.9 Å². The van der Waals surface area contributed by atoms with Crippen LogP contribution < -0.4 is 9.64 Å². The quantitative estimate of drug-likeness (QED) is 0.259. The minimum absolute atomic E-state index is 0.0571. The monoisotopic (exact) mass is 661 g/mol. The van der Waals surface area contributed by atoms with Crippen LogP contribution in [-0.2, 0) is 14.4 Å². The SMILES string of the molecule is C=CCN(C(=O)[C@H]1[C@H]2C(=O)N([C@@H](CC)CO)C(C(=O)N(CC=C)C(C)(C)C)C23CC(Br)[C@@H]1S3)c1ccc(OCC)cc1. The van der Waals surface area contributed by atoms with Gasteiger partial charge >= 0.3 is 0 Å². The molecule has 3 saturated heterocycles. The maximum absolute atomic E-state index is 14.6. The Morgan fingerprint density at radius 1 is 1.19 bits per heavy atom. The molecule has 4 rings (SSSR count). The molecule has 1 spiro atoms. The third-order valence-electron chi connectivity index (χ3n) is 8.75. The summed E-state index contributed by atoms with van der Waals surface area (Å²) in [6, 6.07) is 6.01. The number of aliphatic hydroxyl groups is 1. The molecule has 230 valence electrons. The summed E-state index contributed by atoms with van der Waals surface area (Å²) in [4.78, 5) is 48.6. The topological polar surface area (TPSA) is 90.4 Å². The van der Waals surface area contributed by atoms with Crippen molar-refractivity contribution in [3.05, 3.63) is 49.6 Å². The van der Waals surface area contributed by atoms with Gasteiger partial charge in [0, 0.05) is 34.4 Å². The standard InChI is InChI=1S/C32H44BrN3O5S/c1-8-16-34(21-12-14-22(15-13-21)41-11-4)28(38)24-25-29(39)36(20(10-3)19-37)27(32(25)18-23(33)26(24)42-32)30(40)35(17-9-2)31(5,6)7/h8-9,12-15,20,23-27,37H,1-2,10-11,16-19H2,3-7H3/t20-,23?,24-,25-,26-,27?,32?/m0/s1. The summed E-state index contributed by atoms with van der Waals surface area (Å²) in [6.45, 7) is 18.4. The summed E-state index contributed by atoms with van der Waals surface area (Å²) in [5.74, 6) is -1.18. The largest absolute Gasteiger partial charge is 0.494 e. The van der Waals surface area contributed by atoms with E-state index in [9.17, 15) is 19.5 Å². The fraction of sp³-hybridized carbons (Fsp3) is 0.594. The molecular formula is C32H44BrN3O5S. The zero-order valence-corrected chi connectivity index (χ0v) is 27.7. The van der Waals surface area contributed by atoms with Crippen LogP contribution >= 0.6 is 27.7 Å². The average molecular weight is 663 g/mol. The number of thioether (sulfide) groups is 1. The van der Waals surface area contributed by atoms with Crippen molar-refractivity contribution in [3.63, 3.8) is 0 Å². The maximum atomic E-state index is 14.6. The number of alkyl halides is 1. The van der Waals surface area contributed by atoms with E-state index in [0.717, 1.165) is 0 Å². The Hall–Kier alpha value is -2.30. The molecule has 0 aliphatic carbocycles. The second-order valence-electron chi connectivity index (χ2n) is 12.2. The lowest BCUT2D eigenvalue weighted by molar-refractivity contribution is -0.148. The van der Waals surface area contributed by atoms with Gasteiger partial charge in [0.2, 0.25) is 17.7 Å². The van der Waals surface area contributed by atoms with E-state index in [0.29, 0.717) is 37.4 Å². The molecule has 1 aromatic carbocycles. The van der Waals surface area contributed by atoms with E-state index in [-0.39, 0.29) is 41.0 Å². The van der Waals surface area contributed by atoms with E-state index in [4.69, 9.17) is 4.74 Å². The van der Waals surface area contributed by atoms with Crippen LogP contribution in [0.15, 0.2) is 49.6 Å². The molecule has 1 aromatic rings. The van der Waals surface area contributed by atoms with Crippen LogP contribution in [0.5, 0.6) is 5.75 Å². The van der Waals surface area contributed by atoms with Gasteiger partial charge in [0.15, 0.2) is 0 Å². The molecule has 3 aliphatic heterocycles. The molecule has 0 radical (unpaired) electrons. The van der Waals surface area contributed by atoms with E-state index in [1.54, 1.807) is 38.6 Å². The Bertz CT molecular complexity index is 1200. The van der Waals surface area contributed by atoms with Crippen LogP contribution in [0, 0.1) is 11.8 Å². The highest BCUT2D eigenvalue weighted by Crippen LogP contribution is 2.68. The molecule has 10 heteroatoms. The number of halogens is 1. The van der Waals surface area contributed by atoms with Crippen LogP contribution in [0.1, 0.15) is 47.5 Å². The van der Waals surface area contributed by atoms with Gasteiger partial charge in [-0.1, -0.05) is 35.0 Å². The number of anilines is 1. The predicted octanol–water partition coefficient (Wildman–Crippen LogP) is 4.65. The zero-order chi connectivity index (χ0) is 31.0. The molecule has 7 atom stereocenters. The third-order valence-corrected chi connectivity index (χ3v) is 12.0. The van der Waals surface area contributed by atoms with Crippen molar-refractivity contribution in [1.82, 2.24) is 9.80 Å². The number of amides is 3. The Balaban J connectivity index is 1.81. The van der Waals surface area contributed by atoms with Gasteiger partial charge in [0.05, 0.1) is 35.8 Å². The summed E-state index contributed by atoms with van der Waals surface area (Å²) in [5.41, 5.74) is 0.173. The van der Waals surface area contributed by atoms with Gasteiger partial charge in [-0.25, -0.2) is 0 Å². The first-order valence-corrected chi connectivity index (χ1v) is 16.5. The molecule has 1 N–H and O–H groups in total. The second kappa shape index (κ2) is 12.7. The Morgan fingerprint density at radius 3 is 2.36 bits per heavy atom. The number of carbonyl (C=O) groups excluding carboxylic acids is 3. The molecular weight excluding hydrogens is 618 g/mol. The van der Waals surface area contributed by atoms with Crippen LogP contribution in [-0.4, -0.2) is 91.4 Å². The summed E-state index contributed by atoms with van der Waals surface area (Å²) >= 11 is 5.46. The van der Waals surface area contributed by atoms with Crippen molar-refractivity contribution in [1.29, 1.82) is 0 Å². The first-order chi connectivity index (χ1) is 19.9. The Labute approximate surface area is 262 Å². The number of likely N-dealkylation sites (tertiary alicyclic amines) is 1. The number of aliphatic hydroxyl groups excluding tert-OH is 1. The molecule has 0 aromatic heterocycles. The number of fused-ring (bicyclic) bond motifs is 1. The fourth-order valence-corrected chi connectivity index (χ4v) is 10.5. The molecule has 3 unspecified atom stereocenters. The summed E-state index contributed by atoms with van der Waals surface area (Å²) in [6.07, 6.45) is 4.45. The maximum Gasteiger partial charge on any atom is 0.247 e. The number of carbonyl (C=O) groups is 3. The highest BCUT2D eigenvalue weighted by atomic mass is 79.9. The van der Waals surface area contributed by atoms with Crippen LogP contribution in [0.2, 0.25) is 0 Å². The van der Waals surface area contributed by atoms with Crippen LogP contribution in [0.3, 0.4) is 0 Å². The molecule has 2 bridgehead atoms. The lowest BCUT2D eigenvalue weighted by atomic mass is 9.70. The number of hydrogen-bond acceptors (Lipinski definition) is 6. The van der Waals surface area contributed by atoms with Crippen molar-refractivity contribution in [2.24, 2.45) is 11.8 Å². The van der Waals surface area contributed by atoms with Gasteiger partial charge in [-0.05, 0) is 64.8 Å². The minimum atomic E-state index is -0.808. The van der Waals surface area contributed by atoms with Gasteiger partial charge in [0.1, 0.15) is 11.8 Å². The number of hydrogen-bond donors (Lipinski definition) is 1. The Morgan fingerprint density at radius 2 is 1.83 bits per heavy atom. The summed E-state index contributed by atoms with van der Waals surface area (Å²) in [7, 11) is 0. The smallest absolute Gasteiger partial charge is 0.247 e. The van der Waals surface area contributed by atoms with Crippen molar-refractivity contribution < 1.29 is 24.2 Å². The third kappa shape index (κ3) is 5.43. The van der Waals surface area contributed by atoms with E-state index in [2.05, 4.69) is 29.1 Å². The van der Waals surface area contributed by atoms with Crippen molar-refractivity contribution in [3.8, 4) is 5.75 Å². The number of nitrogens with zero attached hydrogens (tertiary/aromatic N) is 3. The number of ether oxygens (including phenoxy) is 1. The normalized spacial score (nSPS) is 28.8. The summed E-state index contributed by atoms with van der Waals surface area (Å²) < 4.78 is 4.78. The molecule has 3 fully saturated rings. The summed E-state index contributed by atoms with van der Waals surface area (Å²) in [5, 5.41) is 10.2. The van der Waals surface area contributed by atoms with Gasteiger partial charge in [-0.15, -0.1) is 24.9 Å². The molecule has 3 amide bonds. The minimum Gasteiger partial charge on any atom is -0.494 e. The number of benzene rings is 1. The second-order valence-corrected chi connectivity index (χ2v) is 14.9. The van der Waals surface area contributed by atoms with Gasteiger partial charge in [-0.2, -0.15) is 0 Å². The van der Waals surface area contributed by atoms with Gasteiger partial charge in [0.25, 0.3) is 0 Å². The van der Waals surface area contributed by atoms with Gasteiger partial charge < -0.3 is 24.5 Å². The van der Waals surface area contributed by atoms with E-state index >= 15 is 0 Å². The lowest BCUT2D eigenvalue weighted by Gasteiger charge is -2.43. The molecule has 8 nitrogen and oxygen atoms in total. The average Bonchev–Trinajstić information content (AvgIpc) is 3.54. The molecule has 0 saturated carbocycles. The molecule has 42 heavy (non-hydrogen) atoms. The molecule has 3 aliphatic rings. The van der Waals surface area contributed by atoms with Crippen LogP contribution in [0.4, 0.5) is 5.69 Å².